The Morgan fingerprint density at radius 3 is 2.33 bits per heavy atom. The Labute approximate surface area is 120 Å². The molecule has 18 heavy (non-hydrogen) atoms. The standard InChI is InChI=1S/C16H26SeSi/c1-5-6-7-11-14-16(18(2,3)4)17-15-12-9-8-10-13-15/h8-10,12-14H,5-7,11H2,1-4H3/b16-14-. The second-order valence-electron chi connectivity index (χ2n) is 5.73. The summed E-state index contributed by atoms with van der Waals surface area (Å²) in [5.41, 5.74) is 0. The third kappa shape index (κ3) is 6.04. The van der Waals surface area contributed by atoms with Gasteiger partial charge in [-0.3, -0.25) is 0 Å². The molecule has 0 aliphatic rings. The summed E-state index contributed by atoms with van der Waals surface area (Å²) in [6.07, 6.45) is 7.89. The van der Waals surface area contributed by atoms with Crippen LogP contribution < -0.4 is 4.46 Å². The Balaban J connectivity index is 2.68. The van der Waals surface area contributed by atoms with E-state index in [9.17, 15) is 0 Å². The van der Waals surface area contributed by atoms with E-state index in [0.29, 0.717) is 15.0 Å². The normalized spacial score (nSPS) is 12.8. The first-order chi connectivity index (χ1) is 8.54. The van der Waals surface area contributed by atoms with Crippen LogP contribution in [0.4, 0.5) is 0 Å². The average Bonchev–Trinajstić information content (AvgIpc) is 2.33. The number of hydrogen-bond donors (Lipinski definition) is 0. The molecule has 0 fully saturated rings. The van der Waals surface area contributed by atoms with Crippen molar-refractivity contribution >= 4 is 27.5 Å². The fourth-order valence-electron chi connectivity index (χ4n) is 1.74. The molecule has 0 unspecified atom stereocenters. The summed E-state index contributed by atoms with van der Waals surface area (Å²) in [7, 11) is -1.14. The molecule has 1 rings (SSSR count). The van der Waals surface area contributed by atoms with Crippen LogP contribution in [0.25, 0.3) is 0 Å². The van der Waals surface area contributed by atoms with Crippen molar-refractivity contribution in [2.24, 2.45) is 0 Å². The van der Waals surface area contributed by atoms with Crippen LogP contribution >= 0.6 is 0 Å². The molecule has 0 atom stereocenters. The summed E-state index contributed by atoms with van der Waals surface area (Å²) >= 11 is 0.540. The van der Waals surface area contributed by atoms with E-state index in [1.165, 1.54) is 30.1 Å². The molecule has 2 heteroatoms. The second-order valence-corrected chi connectivity index (χ2v) is 13.9. The summed E-state index contributed by atoms with van der Waals surface area (Å²) in [4.78, 5) is 0. The molecule has 0 heterocycles. The quantitative estimate of drug-likeness (QED) is 0.516. The summed E-state index contributed by atoms with van der Waals surface area (Å²) in [5.74, 6) is 0. The van der Waals surface area contributed by atoms with E-state index in [1.54, 1.807) is 4.09 Å². The first kappa shape index (κ1) is 15.8. The van der Waals surface area contributed by atoms with E-state index in [0.717, 1.165) is 0 Å². The van der Waals surface area contributed by atoms with Crippen molar-refractivity contribution in [3.8, 4) is 0 Å². The van der Waals surface area contributed by atoms with Crippen molar-refractivity contribution in [2.75, 3.05) is 0 Å². The number of benzene rings is 1. The Bertz CT molecular complexity index is 362. The Kier molecular flexibility index (Phi) is 6.99. The van der Waals surface area contributed by atoms with Gasteiger partial charge in [0.2, 0.25) is 0 Å². The van der Waals surface area contributed by atoms with Gasteiger partial charge in [-0.1, -0.05) is 0 Å². The molecule has 0 aromatic heterocycles. The zero-order valence-electron chi connectivity index (χ0n) is 12.2. The molecule has 0 aliphatic heterocycles. The molecule has 0 N–H and O–H groups in total. The van der Waals surface area contributed by atoms with Gasteiger partial charge in [0, 0.05) is 0 Å². The van der Waals surface area contributed by atoms with Crippen molar-refractivity contribution < 1.29 is 0 Å². The predicted octanol–water partition coefficient (Wildman–Crippen LogP) is 4.36. The number of hydrogen-bond acceptors (Lipinski definition) is 0. The molecule has 0 bridgehead atoms. The summed E-state index contributed by atoms with van der Waals surface area (Å²) in [6.45, 7) is 9.70. The van der Waals surface area contributed by atoms with Gasteiger partial charge in [0.25, 0.3) is 0 Å². The van der Waals surface area contributed by atoms with Crippen LogP contribution in [0.3, 0.4) is 0 Å². The van der Waals surface area contributed by atoms with Gasteiger partial charge < -0.3 is 0 Å². The number of rotatable bonds is 7. The predicted molar refractivity (Wildman–Crippen MR) is 87.4 cm³/mol. The molecule has 0 saturated carbocycles. The van der Waals surface area contributed by atoms with Gasteiger partial charge in [-0.15, -0.1) is 0 Å². The number of unbranched alkanes of at least 4 members (excludes halogenated alkanes) is 3. The van der Waals surface area contributed by atoms with Gasteiger partial charge in [0.05, 0.1) is 0 Å². The van der Waals surface area contributed by atoms with Gasteiger partial charge >= 0.3 is 120 Å². The monoisotopic (exact) mass is 326 g/mol. The molecule has 1 aromatic rings. The zero-order valence-corrected chi connectivity index (χ0v) is 14.9. The van der Waals surface area contributed by atoms with Crippen molar-refractivity contribution in [1.29, 1.82) is 0 Å². The zero-order chi connectivity index (χ0) is 13.4. The Hall–Kier alpha value is -0.304. The van der Waals surface area contributed by atoms with Crippen molar-refractivity contribution in [2.45, 2.75) is 52.2 Å². The van der Waals surface area contributed by atoms with Gasteiger partial charge in [-0.2, -0.15) is 0 Å². The van der Waals surface area contributed by atoms with Crippen LogP contribution in [0.5, 0.6) is 0 Å². The van der Waals surface area contributed by atoms with Crippen LogP contribution in [-0.2, 0) is 0 Å². The Morgan fingerprint density at radius 1 is 1.11 bits per heavy atom. The molecular formula is C16H26SeSi. The molecule has 0 amide bonds. The number of allylic oxidation sites excluding steroid dienone is 1. The third-order valence-corrected chi connectivity index (χ3v) is 10.8. The summed E-state index contributed by atoms with van der Waals surface area (Å²) in [5, 5.41) is 0. The minimum absolute atomic E-state index is 0.540. The van der Waals surface area contributed by atoms with E-state index in [2.05, 4.69) is 63.0 Å². The van der Waals surface area contributed by atoms with Crippen LogP contribution in [0.2, 0.25) is 19.6 Å². The van der Waals surface area contributed by atoms with Gasteiger partial charge in [-0.25, -0.2) is 0 Å². The fraction of sp³-hybridized carbons (Fsp3) is 0.500. The topological polar surface area (TPSA) is 0 Å². The van der Waals surface area contributed by atoms with Crippen molar-refractivity contribution in [3.05, 3.63) is 40.5 Å². The summed E-state index contributed by atoms with van der Waals surface area (Å²) < 4.78 is 3.30. The third-order valence-electron chi connectivity index (χ3n) is 2.85. The SMILES string of the molecule is CCCCC/C=C(/[Se]c1ccccc1)[Si](C)(C)C. The van der Waals surface area contributed by atoms with Crippen LogP contribution in [0, 0.1) is 0 Å². The van der Waals surface area contributed by atoms with E-state index < -0.39 is 8.07 Å². The second kappa shape index (κ2) is 7.99. The van der Waals surface area contributed by atoms with E-state index in [4.69, 9.17) is 0 Å². The molecule has 0 nitrogen and oxygen atoms in total. The van der Waals surface area contributed by atoms with Crippen LogP contribution in [0.1, 0.15) is 32.6 Å². The first-order valence-corrected chi connectivity index (χ1v) is 12.2. The fourth-order valence-corrected chi connectivity index (χ4v) is 6.92. The van der Waals surface area contributed by atoms with Gasteiger partial charge in [-0.05, 0) is 0 Å². The molecular weight excluding hydrogens is 299 g/mol. The maximum atomic E-state index is 2.56. The van der Waals surface area contributed by atoms with Crippen LogP contribution in [0.15, 0.2) is 40.5 Å². The average molecular weight is 325 g/mol. The first-order valence-electron chi connectivity index (χ1n) is 6.97. The molecule has 1 aromatic carbocycles. The molecule has 100 valence electrons. The van der Waals surface area contributed by atoms with E-state index in [-0.39, 0.29) is 0 Å². The van der Waals surface area contributed by atoms with Crippen LogP contribution in [-0.4, -0.2) is 23.0 Å². The molecule has 0 saturated heterocycles. The van der Waals surface area contributed by atoms with Crippen molar-refractivity contribution in [3.63, 3.8) is 0 Å². The molecule has 0 aliphatic carbocycles. The molecule has 0 spiro atoms. The van der Waals surface area contributed by atoms with E-state index >= 15 is 0 Å². The summed E-state index contributed by atoms with van der Waals surface area (Å²) in [6, 6.07) is 11.0. The molecule has 0 radical (unpaired) electrons. The van der Waals surface area contributed by atoms with Gasteiger partial charge in [0.15, 0.2) is 0 Å². The minimum atomic E-state index is -1.14. The van der Waals surface area contributed by atoms with Crippen molar-refractivity contribution in [1.82, 2.24) is 0 Å². The maximum absolute atomic E-state index is 2.56. The van der Waals surface area contributed by atoms with E-state index in [1.807, 2.05) is 0 Å². The van der Waals surface area contributed by atoms with Gasteiger partial charge in [0.1, 0.15) is 0 Å². The Morgan fingerprint density at radius 2 is 1.78 bits per heavy atom.